The Balaban J connectivity index is 2.15. The van der Waals surface area contributed by atoms with Gasteiger partial charge in [0, 0.05) is 17.8 Å². The monoisotopic (exact) mass is 376 g/mol. The molecule has 0 atom stereocenters. The van der Waals surface area contributed by atoms with Crippen molar-refractivity contribution in [2.24, 2.45) is 0 Å². The van der Waals surface area contributed by atoms with Gasteiger partial charge >= 0.3 is 11.9 Å². The number of phenols is 2. The number of hydrogen-bond donors (Lipinski definition) is 2. The number of nitrogens with zero attached hydrogens (tertiary/aromatic N) is 2. The molecule has 0 spiro atoms. The Morgan fingerprint density at radius 1 is 0.963 bits per heavy atom. The van der Waals surface area contributed by atoms with Crippen molar-refractivity contribution in [1.82, 2.24) is 4.98 Å². The lowest BCUT2D eigenvalue weighted by Crippen LogP contribution is -2.09. The zero-order chi connectivity index (χ0) is 19.8. The molecule has 3 aromatic rings. The van der Waals surface area contributed by atoms with E-state index in [1.54, 1.807) is 0 Å². The van der Waals surface area contributed by atoms with Crippen LogP contribution in [-0.2, 0) is 6.18 Å². The van der Waals surface area contributed by atoms with Crippen molar-refractivity contribution in [1.29, 1.82) is 0 Å². The molecule has 6 nitrogen and oxygen atoms in total. The Labute approximate surface area is 150 Å². The molecule has 0 bridgehead atoms. The minimum Gasteiger partial charge on any atom is -0.504 e. The number of hydrogen-bond acceptors (Lipinski definition) is 5. The molecule has 3 rings (SSSR count). The summed E-state index contributed by atoms with van der Waals surface area (Å²) in [7, 11) is 0. The summed E-state index contributed by atoms with van der Waals surface area (Å²) in [4.78, 5) is 13.5. The van der Waals surface area contributed by atoms with Gasteiger partial charge in [-0.2, -0.15) is 13.2 Å². The second-order valence-electron chi connectivity index (χ2n) is 5.60. The summed E-state index contributed by atoms with van der Waals surface area (Å²) in [6.45, 7) is 0. The largest absolute Gasteiger partial charge is 0.504 e. The molecule has 0 aliphatic carbocycles. The van der Waals surface area contributed by atoms with E-state index >= 15 is 0 Å². The van der Waals surface area contributed by atoms with Crippen molar-refractivity contribution in [2.45, 2.75) is 6.18 Å². The number of benzene rings is 2. The molecule has 1 aromatic heterocycles. The molecule has 9 heteroatoms. The van der Waals surface area contributed by atoms with Gasteiger partial charge in [0.1, 0.15) is 0 Å². The number of alkyl halides is 3. The summed E-state index contributed by atoms with van der Waals surface area (Å²) in [5, 5.41) is 30.3. The first-order valence-electron chi connectivity index (χ1n) is 7.52. The summed E-state index contributed by atoms with van der Waals surface area (Å²) in [5.41, 5.74) is -1.24. The van der Waals surface area contributed by atoms with Crippen LogP contribution in [0.25, 0.3) is 22.3 Å². The standard InChI is InChI=1S/C18H11F3N2O4/c19-18(20,21)17-13(5-2-6-22-17)11-4-1-3-10(7-11)12-8-14(23(26)27)16(25)15(24)9-12/h1-9,24-25H. The molecule has 1 heterocycles. The van der Waals surface area contributed by atoms with Crippen LogP contribution in [0.1, 0.15) is 5.69 Å². The molecule has 2 aromatic carbocycles. The maximum Gasteiger partial charge on any atom is 0.433 e. The molecule has 0 saturated carbocycles. The molecule has 138 valence electrons. The third kappa shape index (κ3) is 3.52. The zero-order valence-corrected chi connectivity index (χ0v) is 13.4. The maximum absolute atomic E-state index is 13.2. The number of aromatic nitrogens is 1. The Bertz CT molecular complexity index is 1040. The van der Waals surface area contributed by atoms with Gasteiger partial charge in [0.2, 0.25) is 5.75 Å². The molecule has 0 aliphatic rings. The number of phenolic OH excluding ortho intramolecular Hbond substituents is 2. The summed E-state index contributed by atoms with van der Waals surface area (Å²) >= 11 is 0. The van der Waals surface area contributed by atoms with Gasteiger partial charge in [-0.1, -0.05) is 24.3 Å². The highest BCUT2D eigenvalue weighted by Crippen LogP contribution is 2.41. The number of nitro benzene ring substituents is 1. The van der Waals surface area contributed by atoms with Crippen LogP contribution in [0.15, 0.2) is 54.7 Å². The molecular weight excluding hydrogens is 365 g/mol. The van der Waals surface area contributed by atoms with Crippen molar-refractivity contribution >= 4 is 5.69 Å². The Kier molecular flexibility index (Phi) is 4.44. The van der Waals surface area contributed by atoms with Gasteiger partial charge in [0.15, 0.2) is 11.4 Å². The minimum absolute atomic E-state index is 0.149. The van der Waals surface area contributed by atoms with Gasteiger partial charge in [-0.05, 0) is 34.9 Å². The Morgan fingerprint density at radius 3 is 2.33 bits per heavy atom. The fourth-order valence-electron chi connectivity index (χ4n) is 2.64. The van der Waals surface area contributed by atoms with Crippen molar-refractivity contribution in [3.63, 3.8) is 0 Å². The predicted molar refractivity (Wildman–Crippen MR) is 90.1 cm³/mol. The third-order valence-electron chi connectivity index (χ3n) is 3.85. The van der Waals surface area contributed by atoms with Gasteiger partial charge < -0.3 is 10.2 Å². The van der Waals surface area contributed by atoms with Crippen LogP contribution in [0.3, 0.4) is 0 Å². The van der Waals surface area contributed by atoms with Crippen LogP contribution in [0, 0.1) is 10.1 Å². The number of rotatable bonds is 3. The first kappa shape index (κ1) is 18.2. The van der Waals surface area contributed by atoms with Crippen LogP contribution in [0.2, 0.25) is 0 Å². The van der Waals surface area contributed by atoms with Crippen LogP contribution in [-0.4, -0.2) is 20.1 Å². The molecule has 2 N–H and O–H groups in total. The molecule has 0 radical (unpaired) electrons. The number of nitro groups is 1. The fraction of sp³-hybridized carbons (Fsp3) is 0.0556. The topological polar surface area (TPSA) is 96.5 Å². The lowest BCUT2D eigenvalue weighted by atomic mass is 9.97. The molecule has 0 saturated heterocycles. The normalized spacial score (nSPS) is 11.4. The predicted octanol–water partition coefficient (Wildman–Crippen LogP) is 4.75. The van der Waals surface area contributed by atoms with E-state index in [1.807, 2.05) is 0 Å². The van der Waals surface area contributed by atoms with Crippen molar-refractivity contribution in [3.8, 4) is 33.8 Å². The van der Waals surface area contributed by atoms with Gasteiger partial charge in [0.25, 0.3) is 0 Å². The maximum atomic E-state index is 13.2. The second kappa shape index (κ2) is 6.60. The molecule has 0 fully saturated rings. The van der Waals surface area contributed by atoms with E-state index in [0.717, 1.165) is 18.3 Å². The van der Waals surface area contributed by atoms with E-state index in [-0.39, 0.29) is 16.7 Å². The van der Waals surface area contributed by atoms with E-state index in [4.69, 9.17) is 0 Å². The molecule has 0 unspecified atom stereocenters. The van der Waals surface area contributed by atoms with Gasteiger partial charge in [0.05, 0.1) is 4.92 Å². The molecule has 0 aliphatic heterocycles. The lowest BCUT2D eigenvalue weighted by Gasteiger charge is -2.12. The fourth-order valence-corrected chi connectivity index (χ4v) is 2.64. The Morgan fingerprint density at radius 2 is 1.67 bits per heavy atom. The van der Waals surface area contributed by atoms with Crippen LogP contribution < -0.4 is 0 Å². The summed E-state index contributed by atoms with van der Waals surface area (Å²) < 4.78 is 39.6. The second-order valence-corrected chi connectivity index (χ2v) is 5.60. The Hall–Kier alpha value is -3.62. The first-order chi connectivity index (χ1) is 12.7. The quantitative estimate of drug-likeness (QED) is 0.390. The minimum atomic E-state index is -4.65. The van der Waals surface area contributed by atoms with E-state index < -0.39 is 34.0 Å². The summed E-state index contributed by atoms with van der Waals surface area (Å²) in [5.74, 6) is -1.59. The third-order valence-corrected chi connectivity index (χ3v) is 3.85. The van der Waals surface area contributed by atoms with Crippen LogP contribution >= 0.6 is 0 Å². The highest BCUT2D eigenvalue weighted by atomic mass is 19.4. The molecule has 0 amide bonds. The van der Waals surface area contributed by atoms with E-state index in [1.165, 1.54) is 36.4 Å². The molecule has 27 heavy (non-hydrogen) atoms. The van der Waals surface area contributed by atoms with Gasteiger partial charge in [-0.15, -0.1) is 0 Å². The van der Waals surface area contributed by atoms with Gasteiger partial charge in [-0.3, -0.25) is 15.1 Å². The lowest BCUT2D eigenvalue weighted by molar-refractivity contribution is -0.385. The van der Waals surface area contributed by atoms with Crippen molar-refractivity contribution in [2.75, 3.05) is 0 Å². The van der Waals surface area contributed by atoms with Gasteiger partial charge in [-0.25, -0.2) is 0 Å². The number of halogens is 3. The van der Waals surface area contributed by atoms with E-state index in [0.29, 0.717) is 5.56 Å². The van der Waals surface area contributed by atoms with E-state index in [9.17, 15) is 33.5 Å². The highest BCUT2D eigenvalue weighted by molar-refractivity contribution is 5.77. The smallest absolute Gasteiger partial charge is 0.433 e. The SMILES string of the molecule is O=[N+]([O-])c1cc(-c2cccc(-c3cccnc3C(F)(F)F)c2)cc(O)c1O. The summed E-state index contributed by atoms with van der Waals surface area (Å²) in [6.07, 6.45) is -3.61. The van der Waals surface area contributed by atoms with E-state index in [2.05, 4.69) is 4.98 Å². The average Bonchev–Trinajstić information content (AvgIpc) is 2.63. The zero-order valence-electron chi connectivity index (χ0n) is 13.4. The number of pyridine rings is 1. The van der Waals surface area contributed by atoms with Crippen LogP contribution in [0.5, 0.6) is 11.5 Å². The number of aromatic hydroxyl groups is 2. The first-order valence-corrected chi connectivity index (χ1v) is 7.52. The van der Waals surface area contributed by atoms with Crippen molar-refractivity contribution < 1.29 is 28.3 Å². The molecular formula is C18H11F3N2O4. The van der Waals surface area contributed by atoms with Crippen LogP contribution in [0.4, 0.5) is 18.9 Å². The summed E-state index contributed by atoms with van der Waals surface area (Å²) in [6, 6.07) is 10.6. The average molecular weight is 376 g/mol. The van der Waals surface area contributed by atoms with Crippen molar-refractivity contribution in [3.05, 3.63) is 70.5 Å². The highest BCUT2D eigenvalue weighted by Gasteiger charge is 2.35.